The molecule has 2 N–H and O–H groups in total. The Morgan fingerprint density at radius 1 is 0.975 bits per heavy atom. The van der Waals surface area contributed by atoms with Gasteiger partial charge in [-0.2, -0.15) is 0 Å². The fourth-order valence-electron chi connectivity index (χ4n) is 4.47. The van der Waals surface area contributed by atoms with Crippen molar-refractivity contribution in [1.29, 1.82) is 0 Å². The number of hydrogen-bond donors (Lipinski definition) is 2. The van der Waals surface area contributed by atoms with E-state index in [-0.39, 0.29) is 24.3 Å². The second kappa shape index (κ2) is 13.2. The molecule has 0 saturated heterocycles. The normalized spacial score (nSPS) is 13.4. The maximum atomic E-state index is 14.1. The van der Waals surface area contributed by atoms with Gasteiger partial charge in [0.2, 0.25) is 5.91 Å². The summed E-state index contributed by atoms with van der Waals surface area (Å²) in [5.41, 5.74) is 1.16. The van der Waals surface area contributed by atoms with Crippen LogP contribution < -0.4 is 10.6 Å². The molecular formula is C33H39N3O4. The zero-order valence-electron chi connectivity index (χ0n) is 24.2. The van der Waals surface area contributed by atoms with Crippen molar-refractivity contribution in [2.75, 3.05) is 11.9 Å². The standard InChI is InChI=1S/C33H39N3O4/c1-8-22(4)28(35-32(39)40-33(5,6)7)31(38)36(10-3)29(25-17-15-23(9-2)16-18-25)30(37)34-27-20-19-24-13-11-12-14-26(24)21-27/h2,11-22,28-29H,8,10H2,1,3-7H3,(H,34,37)(H,35,39). The van der Waals surface area contributed by atoms with Gasteiger partial charge < -0.3 is 20.3 Å². The Hall–Kier alpha value is -4.31. The molecule has 3 unspecified atom stereocenters. The van der Waals surface area contributed by atoms with Crippen LogP contribution in [0.3, 0.4) is 0 Å². The maximum absolute atomic E-state index is 14.1. The molecule has 3 amide bonds. The summed E-state index contributed by atoms with van der Waals surface area (Å²) in [6.07, 6.45) is 5.50. The van der Waals surface area contributed by atoms with E-state index in [4.69, 9.17) is 11.2 Å². The number of fused-ring (bicyclic) bond motifs is 1. The molecule has 0 aliphatic heterocycles. The number of nitrogens with zero attached hydrogens (tertiary/aromatic N) is 1. The number of likely N-dealkylation sites (N-methyl/N-ethyl adjacent to an activating group) is 1. The molecule has 0 aliphatic rings. The first-order chi connectivity index (χ1) is 19.0. The van der Waals surface area contributed by atoms with Crippen LogP contribution >= 0.6 is 0 Å². The van der Waals surface area contributed by atoms with Crippen LogP contribution in [0.5, 0.6) is 0 Å². The highest BCUT2D eigenvalue weighted by molar-refractivity contribution is 6.00. The fraction of sp³-hybridized carbons (Fsp3) is 0.364. The minimum Gasteiger partial charge on any atom is -0.444 e. The monoisotopic (exact) mass is 541 g/mol. The molecule has 3 aromatic rings. The first kappa shape index (κ1) is 30.2. The van der Waals surface area contributed by atoms with Crippen LogP contribution in [0.15, 0.2) is 66.7 Å². The number of alkyl carbamates (subject to hydrolysis) is 1. The minimum absolute atomic E-state index is 0.206. The van der Waals surface area contributed by atoms with Crippen molar-refractivity contribution < 1.29 is 19.1 Å². The van der Waals surface area contributed by atoms with E-state index >= 15 is 0 Å². The number of anilines is 1. The first-order valence-corrected chi connectivity index (χ1v) is 13.6. The average Bonchev–Trinajstić information content (AvgIpc) is 2.92. The van der Waals surface area contributed by atoms with Gasteiger partial charge in [0, 0.05) is 17.8 Å². The molecule has 40 heavy (non-hydrogen) atoms. The lowest BCUT2D eigenvalue weighted by Gasteiger charge is -2.35. The molecule has 3 aromatic carbocycles. The van der Waals surface area contributed by atoms with E-state index in [0.717, 1.165) is 10.8 Å². The molecule has 0 saturated carbocycles. The number of carbonyl (C=O) groups excluding carboxylic acids is 3. The van der Waals surface area contributed by atoms with Crippen molar-refractivity contribution in [2.24, 2.45) is 5.92 Å². The Balaban J connectivity index is 1.99. The number of rotatable bonds is 9. The zero-order valence-corrected chi connectivity index (χ0v) is 24.2. The number of ether oxygens (including phenoxy) is 1. The summed E-state index contributed by atoms with van der Waals surface area (Å²) < 4.78 is 5.44. The van der Waals surface area contributed by atoms with E-state index in [1.807, 2.05) is 63.2 Å². The maximum Gasteiger partial charge on any atom is 0.408 e. The van der Waals surface area contributed by atoms with Crippen LogP contribution in [0.2, 0.25) is 0 Å². The Bertz CT molecular complexity index is 1390. The predicted molar refractivity (Wildman–Crippen MR) is 160 cm³/mol. The van der Waals surface area contributed by atoms with Gasteiger partial charge in [-0.15, -0.1) is 6.42 Å². The first-order valence-electron chi connectivity index (χ1n) is 13.6. The largest absolute Gasteiger partial charge is 0.444 e. The molecule has 3 atom stereocenters. The molecule has 0 aromatic heterocycles. The van der Waals surface area contributed by atoms with Crippen molar-refractivity contribution in [3.8, 4) is 12.3 Å². The highest BCUT2D eigenvalue weighted by Gasteiger charge is 2.37. The number of carbonyl (C=O) groups is 3. The molecule has 0 radical (unpaired) electrons. The van der Waals surface area contributed by atoms with Gasteiger partial charge >= 0.3 is 6.09 Å². The molecule has 210 valence electrons. The Morgan fingerprint density at radius 2 is 1.62 bits per heavy atom. The third-order valence-electron chi connectivity index (χ3n) is 6.75. The summed E-state index contributed by atoms with van der Waals surface area (Å²) in [5.74, 6) is 1.63. The molecule has 0 heterocycles. The Labute approximate surface area is 237 Å². The summed E-state index contributed by atoms with van der Waals surface area (Å²) in [6.45, 7) is 11.2. The smallest absolute Gasteiger partial charge is 0.408 e. The van der Waals surface area contributed by atoms with Crippen LogP contribution in [0.25, 0.3) is 10.8 Å². The summed E-state index contributed by atoms with van der Waals surface area (Å²) >= 11 is 0. The molecule has 0 aliphatic carbocycles. The lowest BCUT2D eigenvalue weighted by atomic mass is 9.95. The van der Waals surface area contributed by atoms with Crippen LogP contribution in [-0.2, 0) is 14.3 Å². The molecule has 3 rings (SSSR count). The third-order valence-corrected chi connectivity index (χ3v) is 6.75. The molecule has 0 spiro atoms. The predicted octanol–water partition coefficient (Wildman–Crippen LogP) is 6.29. The lowest BCUT2D eigenvalue weighted by Crippen LogP contribution is -2.54. The lowest BCUT2D eigenvalue weighted by molar-refractivity contribution is -0.141. The third kappa shape index (κ3) is 7.63. The molecule has 7 heteroatoms. The fourth-order valence-corrected chi connectivity index (χ4v) is 4.47. The van der Waals surface area contributed by atoms with E-state index in [2.05, 4.69) is 16.6 Å². The van der Waals surface area contributed by atoms with Gasteiger partial charge in [0.25, 0.3) is 5.91 Å². The van der Waals surface area contributed by atoms with Crippen molar-refractivity contribution in [2.45, 2.75) is 65.6 Å². The van der Waals surface area contributed by atoms with Gasteiger partial charge in [-0.1, -0.05) is 68.7 Å². The van der Waals surface area contributed by atoms with E-state index < -0.39 is 23.8 Å². The summed E-state index contributed by atoms with van der Waals surface area (Å²) in [4.78, 5) is 42.2. The minimum atomic E-state index is -0.970. The van der Waals surface area contributed by atoms with E-state index in [1.54, 1.807) is 45.0 Å². The number of amides is 3. The second-order valence-corrected chi connectivity index (χ2v) is 10.9. The SMILES string of the molecule is C#Cc1ccc(C(C(=O)Nc2ccc3ccccc3c2)N(CC)C(=O)C(NC(=O)OC(C)(C)C)C(C)CC)cc1. The van der Waals surface area contributed by atoms with Crippen molar-refractivity contribution >= 4 is 34.4 Å². The summed E-state index contributed by atoms with van der Waals surface area (Å²) in [7, 11) is 0. The molecule has 0 bridgehead atoms. The Morgan fingerprint density at radius 3 is 2.20 bits per heavy atom. The molecule has 0 fully saturated rings. The van der Waals surface area contributed by atoms with Crippen LogP contribution in [-0.4, -0.2) is 41.0 Å². The second-order valence-electron chi connectivity index (χ2n) is 10.9. The van der Waals surface area contributed by atoms with Gasteiger partial charge in [0.15, 0.2) is 0 Å². The van der Waals surface area contributed by atoms with Gasteiger partial charge in [-0.25, -0.2) is 4.79 Å². The topological polar surface area (TPSA) is 87.7 Å². The number of hydrogen-bond acceptors (Lipinski definition) is 4. The Kier molecular flexibility index (Phi) is 9.95. The van der Waals surface area contributed by atoms with Gasteiger partial charge in [-0.05, 0) is 74.2 Å². The van der Waals surface area contributed by atoms with Crippen molar-refractivity contribution in [3.05, 3.63) is 77.9 Å². The van der Waals surface area contributed by atoms with Crippen LogP contribution in [0, 0.1) is 18.3 Å². The van der Waals surface area contributed by atoms with Crippen molar-refractivity contribution in [1.82, 2.24) is 10.2 Å². The number of benzene rings is 3. The van der Waals surface area contributed by atoms with E-state index in [9.17, 15) is 14.4 Å². The van der Waals surface area contributed by atoms with Crippen LogP contribution in [0.4, 0.5) is 10.5 Å². The van der Waals surface area contributed by atoms with Crippen LogP contribution in [0.1, 0.15) is 65.1 Å². The highest BCUT2D eigenvalue weighted by atomic mass is 16.6. The molecule has 7 nitrogen and oxygen atoms in total. The summed E-state index contributed by atoms with van der Waals surface area (Å²) in [5, 5.41) is 7.80. The van der Waals surface area contributed by atoms with Gasteiger partial charge in [0.05, 0.1) is 0 Å². The highest BCUT2D eigenvalue weighted by Crippen LogP contribution is 2.27. The number of terminal acetylenes is 1. The quantitative estimate of drug-likeness (QED) is 0.312. The van der Waals surface area contributed by atoms with E-state index in [1.165, 1.54) is 4.90 Å². The van der Waals surface area contributed by atoms with Gasteiger partial charge in [0.1, 0.15) is 17.7 Å². The average molecular weight is 542 g/mol. The van der Waals surface area contributed by atoms with Crippen molar-refractivity contribution in [3.63, 3.8) is 0 Å². The molecular weight excluding hydrogens is 502 g/mol. The van der Waals surface area contributed by atoms with E-state index in [0.29, 0.717) is 23.2 Å². The number of nitrogens with one attached hydrogen (secondary N) is 2. The summed E-state index contributed by atoms with van der Waals surface area (Å²) in [6, 6.07) is 18.7. The van der Waals surface area contributed by atoms with Gasteiger partial charge in [-0.3, -0.25) is 9.59 Å². The zero-order chi connectivity index (χ0) is 29.4.